The number of likely N-dealkylation sites (tertiary alicyclic amines) is 3. The number of rotatable bonds is 17. The number of anilines is 2. The molecular formula is C68H83N13O6S2. The number of hydrogen-bond acceptors (Lipinski definition) is 14. The molecule has 0 bridgehead atoms. The van der Waals surface area contributed by atoms with E-state index in [0.29, 0.717) is 67.3 Å². The summed E-state index contributed by atoms with van der Waals surface area (Å²) in [5.74, 6) is 0.620. The highest BCUT2D eigenvalue weighted by Crippen LogP contribution is 2.36. The number of piperidine rings is 1. The van der Waals surface area contributed by atoms with Crippen molar-refractivity contribution in [3.8, 4) is 21.6 Å². The molecule has 0 radical (unpaired) electrons. The van der Waals surface area contributed by atoms with Gasteiger partial charge in [-0.25, -0.2) is 19.7 Å². The van der Waals surface area contributed by atoms with E-state index in [2.05, 4.69) is 58.7 Å². The number of urea groups is 1. The van der Waals surface area contributed by atoms with Gasteiger partial charge in [0.25, 0.3) is 11.8 Å². The van der Waals surface area contributed by atoms with Gasteiger partial charge < -0.3 is 40.7 Å². The summed E-state index contributed by atoms with van der Waals surface area (Å²) in [5, 5.41) is 28.8. The van der Waals surface area contributed by atoms with Gasteiger partial charge in [-0.1, -0.05) is 99.9 Å². The second kappa shape index (κ2) is 26.5. The molecule has 3 saturated heterocycles. The minimum atomic E-state index is -0.931. The Morgan fingerprint density at radius 1 is 0.787 bits per heavy atom. The highest BCUT2D eigenvalue weighted by molar-refractivity contribution is 7.22. The lowest BCUT2D eigenvalue weighted by Gasteiger charge is -2.44. The summed E-state index contributed by atoms with van der Waals surface area (Å²) in [5.41, 5.74) is 10.6. The Balaban J connectivity index is 0.646. The van der Waals surface area contributed by atoms with E-state index >= 15 is 0 Å². The lowest BCUT2D eigenvalue weighted by atomic mass is 9.85. The lowest BCUT2D eigenvalue weighted by Crippen LogP contribution is -2.63. The van der Waals surface area contributed by atoms with E-state index in [4.69, 9.17) is 10.1 Å². The normalized spacial score (nSPS) is 19.4. The minimum absolute atomic E-state index is 0.000867. The number of carbonyl (C=O) groups is 5. The highest BCUT2D eigenvalue weighted by atomic mass is 32.1. The predicted octanol–water partition coefficient (Wildman–Crippen LogP) is 10.0. The summed E-state index contributed by atoms with van der Waals surface area (Å²) in [7, 11) is 0. The molecule has 1 aliphatic carbocycles. The molecule has 12 rings (SSSR count). The topological polar surface area (TPSA) is 223 Å². The van der Waals surface area contributed by atoms with Gasteiger partial charge in [-0.05, 0) is 136 Å². The second-order valence-corrected chi connectivity index (χ2v) is 28.3. The standard InChI is InChI=1S/C68H83N13O6S2/c1-41(47-19-21-49(22-20-47)60-42(2)70-40-88-60)72-63(84)56-31-50(82)38-80(56)65(86)61(68(4,5)6)75-67(87)79-35-46(36-79)34-77-28-25-44(26-29-77)32-69-64(85)59-51(53-33-71-81(43(53)3)37-45-13-8-7-9-14-45)23-24-58(74-59)78-30-27-48-15-12-16-52(54(48)39-78)62(83)76-66-73-55-17-10-11-18-57(55)89-66/h10-12,15-24,33,40-41,44-46,50,56,61,82H,7-9,13-14,25-32,34-39H2,1-6H3,(H,69,85)(H,72,84)(H,75,87)(H,73,76,83)/t41-,50+,56-,61+/m0/s1. The molecule has 8 heterocycles. The first kappa shape index (κ1) is 61.6. The first-order valence-electron chi connectivity index (χ1n) is 31.8. The third-order valence-corrected chi connectivity index (χ3v) is 21.0. The monoisotopic (exact) mass is 1240 g/mol. The van der Waals surface area contributed by atoms with Gasteiger partial charge in [0.15, 0.2) is 5.13 Å². The van der Waals surface area contributed by atoms with Gasteiger partial charge in [0.2, 0.25) is 11.8 Å². The van der Waals surface area contributed by atoms with Gasteiger partial charge in [0.05, 0.1) is 44.6 Å². The first-order chi connectivity index (χ1) is 42.9. The van der Waals surface area contributed by atoms with E-state index in [9.17, 15) is 29.1 Å². The second-order valence-electron chi connectivity index (χ2n) is 26.4. The molecule has 4 aromatic heterocycles. The van der Waals surface area contributed by atoms with Crippen molar-refractivity contribution in [2.24, 2.45) is 23.2 Å². The number of aromatic nitrogens is 5. The number of nitrogens with one attached hydrogen (secondary N) is 4. The number of fused-ring (bicyclic) bond motifs is 2. The van der Waals surface area contributed by atoms with E-state index in [1.807, 2.05) is 119 Å². The summed E-state index contributed by atoms with van der Waals surface area (Å²) in [6.45, 7) is 17.9. The van der Waals surface area contributed by atoms with Crippen LogP contribution in [-0.4, -0.2) is 145 Å². The largest absolute Gasteiger partial charge is 0.391 e. The number of amides is 6. The minimum Gasteiger partial charge on any atom is -0.391 e. The summed E-state index contributed by atoms with van der Waals surface area (Å²) in [4.78, 5) is 94.0. The van der Waals surface area contributed by atoms with E-state index in [-0.39, 0.29) is 54.6 Å². The molecule has 19 nitrogen and oxygen atoms in total. The smallest absolute Gasteiger partial charge is 0.318 e. The average molecular weight is 1240 g/mol. The molecule has 21 heteroatoms. The Morgan fingerprint density at radius 3 is 2.30 bits per heavy atom. The Kier molecular flexibility index (Phi) is 18.3. The van der Waals surface area contributed by atoms with Crippen LogP contribution in [0.3, 0.4) is 0 Å². The van der Waals surface area contributed by atoms with Crippen molar-refractivity contribution in [2.75, 3.05) is 62.6 Å². The van der Waals surface area contributed by atoms with Crippen molar-refractivity contribution in [1.82, 2.24) is 55.4 Å². The fourth-order valence-corrected chi connectivity index (χ4v) is 15.4. The van der Waals surface area contributed by atoms with Gasteiger partial charge in [-0.3, -0.25) is 29.2 Å². The fraction of sp³-hybridized carbons (Fsp3) is 0.485. The molecule has 1 saturated carbocycles. The molecule has 7 aromatic rings. The van der Waals surface area contributed by atoms with Gasteiger partial charge in [-0.15, -0.1) is 11.3 Å². The first-order valence-corrected chi connectivity index (χ1v) is 33.5. The number of aliphatic hydroxyl groups excluding tert-OH is 1. The number of carbonyl (C=O) groups excluding carboxylic acids is 5. The molecule has 468 valence electrons. The number of para-hydroxylation sites is 1. The zero-order valence-corrected chi connectivity index (χ0v) is 53.6. The Morgan fingerprint density at radius 2 is 1.56 bits per heavy atom. The third kappa shape index (κ3) is 13.8. The molecule has 5 N–H and O–H groups in total. The Hall–Kier alpha value is -7.59. The molecule has 6 amide bonds. The fourth-order valence-electron chi connectivity index (χ4n) is 13.7. The molecule has 0 unspecified atom stereocenters. The molecule has 5 aliphatic rings. The number of thiazole rings is 2. The van der Waals surface area contributed by atoms with Crippen LogP contribution >= 0.6 is 22.7 Å². The summed E-state index contributed by atoms with van der Waals surface area (Å²) < 4.78 is 3.11. The van der Waals surface area contributed by atoms with Crippen molar-refractivity contribution in [1.29, 1.82) is 0 Å². The van der Waals surface area contributed by atoms with Gasteiger partial charge in [-0.2, -0.15) is 5.10 Å². The average Bonchev–Trinajstić information content (AvgIpc) is 2.76. The number of aliphatic hydroxyl groups is 1. The van der Waals surface area contributed by atoms with Crippen molar-refractivity contribution in [3.05, 3.63) is 130 Å². The predicted molar refractivity (Wildman–Crippen MR) is 349 cm³/mol. The maximum atomic E-state index is 14.7. The number of benzene rings is 3. The molecule has 4 atom stereocenters. The van der Waals surface area contributed by atoms with Gasteiger partial charge in [0, 0.05) is 87.1 Å². The summed E-state index contributed by atoms with van der Waals surface area (Å²) in [6, 6.07) is 23.3. The van der Waals surface area contributed by atoms with Crippen LogP contribution in [-0.2, 0) is 29.1 Å². The van der Waals surface area contributed by atoms with Gasteiger partial charge in [0.1, 0.15) is 23.6 Å². The van der Waals surface area contributed by atoms with Crippen LogP contribution < -0.4 is 26.2 Å². The molecular weight excluding hydrogens is 1160 g/mol. The third-order valence-electron chi connectivity index (χ3n) is 19.0. The Labute approximate surface area is 529 Å². The van der Waals surface area contributed by atoms with Crippen LogP contribution in [0.5, 0.6) is 0 Å². The number of aryl methyl sites for hydroxylation is 1. The van der Waals surface area contributed by atoms with Crippen LogP contribution in [0, 0.1) is 37.0 Å². The summed E-state index contributed by atoms with van der Waals surface area (Å²) >= 11 is 3.03. The van der Waals surface area contributed by atoms with Crippen LogP contribution in [0.2, 0.25) is 0 Å². The van der Waals surface area contributed by atoms with Crippen LogP contribution in [0.15, 0.2) is 90.6 Å². The molecule has 4 aliphatic heterocycles. The van der Waals surface area contributed by atoms with Gasteiger partial charge >= 0.3 is 6.03 Å². The maximum absolute atomic E-state index is 14.7. The van der Waals surface area contributed by atoms with E-state index < -0.39 is 29.5 Å². The lowest BCUT2D eigenvalue weighted by molar-refractivity contribution is -0.142. The molecule has 3 aromatic carbocycles. The SMILES string of the molecule is Cc1ncsc1-c1ccc([C@H](C)NC(=O)[C@@H]2C[C@@H](O)CN2C(=O)[C@@H](NC(=O)N2CC(CN3CCC(CNC(=O)c4nc(N5CCc6cccc(C(=O)Nc7nc8ccccc8s7)c6C5)ccc4-c4cnn(CC5CCCCC5)c4C)CC3)C2)C(C)(C)C)cc1. The number of hydrogen-bond donors (Lipinski definition) is 5. The van der Waals surface area contributed by atoms with Crippen LogP contribution in [0.1, 0.15) is 134 Å². The van der Waals surface area contributed by atoms with Crippen molar-refractivity contribution in [2.45, 2.75) is 137 Å². The highest BCUT2D eigenvalue weighted by Gasteiger charge is 2.46. The van der Waals surface area contributed by atoms with E-state index in [0.717, 1.165) is 98.9 Å². The molecule has 4 fully saturated rings. The zero-order valence-electron chi connectivity index (χ0n) is 52.0. The Bertz CT molecular complexity index is 3690. The maximum Gasteiger partial charge on any atom is 0.318 e. The zero-order chi connectivity index (χ0) is 62.1. The quantitative estimate of drug-likeness (QED) is 0.0575. The van der Waals surface area contributed by atoms with Crippen molar-refractivity contribution < 1.29 is 29.1 Å². The number of nitrogens with zero attached hydrogens (tertiary/aromatic N) is 9. The van der Waals surface area contributed by atoms with Crippen molar-refractivity contribution >= 4 is 73.5 Å². The number of pyridine rings is 1. The van der Waals surface area contributed by atoms with Crippen molar-refractivity contribution in [3.63, 3.8) is 0 Å². The van der Waals surface area contributed by atoms with E-state index in [1.165, 1.54) is 48.3 Å². The van der Waals surface area contributed by atoms with Crippen LogP contribution in [0.25, 0.3) is 31.8 Å². The molecule has 89 heavy (non-hydrogen) atoms. The van der Waals surface area contributed by atoms with Crippen LogP contribution in [0.4, 0.5) is 15.7 Å². The summed E-state index contributed by atoms with van der Waals surface area (Å²) in [6.07, 6.45) is 9.85. The van der Waals surface area contributed by atoms with E-state index in [1.54, 1.807) is 16.2 Å². The molecule has 0 spiro atoms. The number of β-amino-alcohol motifs (C(OH)–C–C–N with tert-alkyl or cyclic N) is 1.